The van der Waals surface area contributed by atoms with Crippen LogP contribution in [0.25, 0.3) is 0 Å². The van der Waals surface area contributed by atoms with E-state index in [4.69, 9.17) is 10.00 Å². The second kappa shape index (κ2) is 6.01. The summed E-state index contributed by atoms with van der Waals surface area (Å²) in [7, 11) is 0. The fourth-order valence-electron chi connectivity index (χ4n) is 1.87. The molecule has 0 radical (unpaired) electrons. The van der Waals surface area contributed by atoms with Crippen molar-refractivity contribution in [1.82, 2.24) is 0 Å². The molecule has 0 aliphatic rings. The monoisotopic (exact) mass is 286 g/mol. The first-order chi connectivity index (χ1) is 9.99. The number of hydrogen-bond donors (Lipinski definition) is 0. The molecule has 0 saturated carbocycles. The molecule has 0 amide bonds. The lowest BCUT2D eigenvalue weighted by Crippen LogP contribution is -1.99. The number of nitro benzene ring substituents is 1. The number of nitriles is 1. The molecule has 0 spiro atoms. The Bertz CT molecular complexity index is 738. The van der Waals surface area contributed by atoms with Gasteiger partial charge in [-0.2, -0.15) is 5.26 Å². The van der Waals surface area contributed by atoms with E-state index < -0.39 is 10.7 Å². The third-order valence-electron chi connectivity index (χ3n) is 2.85. The van der Waals surface area contributed by atoms with Crippen LogP contribution < -0.4 is 4.74 Å². The summed E-state index contributed by atoms with van der Waals surface area (Å²) in [5, 5.41) is 19.4. The Morgan fingerprint density at radius 2 is 2.10 bits per heavy atom. The van der Waals surface area contributed by atoms with Gasteiger partial charge in [-0.3, -0.25) is 10.1 Å². The van der Waals surface area contributed by atoms with E-state index in [1.54, 1.807) is 6.92 Å². The smallest absolute Gasteiger partial charge is 0.269 e. The SMILES string of the molecule is Cc1cc([N+](=O)[O-])ccc1OCc1cc(F)cc(C#N)c1. The molecule has 6 heteroatoms. The molecule has 0 unspecified atom stereocenters. The van der Waals surface area contributed by atoms with Crippen molar-refractivity contribution in [3.05, 3.63) is 69.0 Å². The molecule has 0 aliphatic heterocycles. The summed E-state index contributed by atoms with van der Waals surface area (Å²) in [5.41, 5.74) is 1.33. The van der Waals surface area contributed by atoms with Crippen LogP contribution in [0.15, 0.2) is 36.4 Å². The molecule has 0 atom stereocenters. The van der Waals surface area contributed by atoms with E-state index in [9.17, 15) is 14.5 Å². The second-order valence-electron chi connectivity index (χ2n) is 4.46. The lowest BCUT2D eigenvalue weighted by atomic mass is 10.1. The van der Waals surface area contributed by atoms with Crippen LogP contribution in [0, 0.1) is 34.2 Å². The van der Waals surface area contributed by atoms with Gasteiger partial charge in [0.2, 0.25) is 0 Å². The van der Waals surface area contributed by atoms with Crippen molar-refractivity contribution >= 4 is 5.69 Å². The third kappa shape index (κ3) is 3.54. The number of benzene rings is 2. The highest BCUT2D eigenvalue weighted by atomic mass is 19.1. The molecule has 2 rings (SSSR count). The number of halogens is 1. The van der Waals surface area contributed by atoms with Crippen LogP contribution in [0.4, 0.5) is 10.1 Å². The standard InChI is InChI=1S/C15H11FN2O3/c1-10-4-14(18(19)20)2-3-15(10)21-9-12-5-11(8-17)6-13(16)7-12/h2-7H,9H2,1H3. The summed E-state index contributed by atoms with van der Waals surface area (Å²) < 4.78 is 18.8. The minimum absolute atomic E-state index is 0.0163. The quantitative estimate of drug-likeness (QED) is 0.636. The Balaban J connectivity index is 2.15. The first kappa shape index (κ1) is 14.5. The molecule has 21 heavy (non-hydrogen) atoms. The lowest BCUT2D eigenvalue weighted by molar-refractivity contribution is -0.384. The molecule has 0 aromatic heterocycles. The molecule has 2 aromatic rings. The van der Waals surface area contributed by atoms with Gasteiger partial charge in [-0.15, -0.1) is 0 Å². The second-order valence-corrected chi connectivity index (χ2v) is 4.46. The van der Waals surface area contributed by atoms with E-state index in [1.807, 2.05) is 6.07 Å². The van der Waals surface area contributed by atoms with Crippen molar-refractivity contribution in [1.29, 1.82) is 5.26 Å². The van der Waals surface area contributed by atoms with Crippen LogP contribution >= 0.6 is 0 Å². The van der Waals surface area contributed by atoms with Crippen LogP contribution in [0.5, 0.6) is 5.75 Å². The summed E-state index contributed by atoms with van der Waals surface area (Å²) in [4.78, 5) is 10.2. The maximum absolute atomic E-state index is 13.3. The van der Waals surface area contributed by atoms with Gasteiger partial charge < -0.3 is 4.74 Å². The Morgan fingerprint density at radius 3 is 2.71 bits per heavy atom. The van der Waals surface area contributed by atoms with Crippen LogP contribution in [0.1, 0.15) is 16.7 Å². The van der Waals surface area contributed by atoms with Crippen LogP contribution in [0.3, 0.4) is 0 Å². The molecule has 0 N–H and O–H groups in total. The molecule has 0 bridgehead atoms. The van der Waals surface area contributed by atoms with Crippen molar-refractivity contribution in [2.24, 2.45) is 0 Å². The normalized spacial score (nSPS) is 9.95. The number of nitro groups is 1. The van der Waals surface area contributed by atoms with Gasteiger partial charge in [-0.05, 0) is 42.3 Å². The van der Waals surface area contributed by atoms with Gasteiger partial charge >= 0.3 is 0 Å². The van der Waals surface area contributed by atoms with Crippen LogP contribution in [-0.2, 0) is 6.61 Å². The summed E-state index contributed by atoms with van der Waals surface area (Å²) in [6.07, 6.45) is 0. The van der Waals surface area contributed by atoms with Crippen molar-refractivity contribution in [3.8, 4) is 11.8 Å². The fraction of sp³-hybridized carbons (Fsp3) is 0.133. The van der Waals surface area contributed by atoms with Gasteiger partial charge in [0.1, 0.15) is 18.2 Å². The minimum Gasteiger partial charge on any atom is -0.489 e. The molecule has 2 aromatic carbocycles. The summed E-state index contributed by atoms with van der Waals surface area (Å²) in [6, 6.07) is 10.1. The van der Waals surface area contributed by atoms with E-state index >= 15 is 0 Å². The minimum atomic E-state index is -0.506. The number of rotatable bonds is 4. The Kier molecular flexibility index (Phi) is 4.14. The zero-order valence-electron chi connectivity index (χ0n) is 11.2. The zero-order valence-corrected chi connectivity index (χ0v) is 11.2. The maximum Gasteiger partial charge on any atom is 0.269 e. The first-order valence-electron chi connectivity index (χ1n) is 6.07. The highest BCUT2D eigenvalue weighted by Crippen LogP contribution is 2.24. The molecule has 5 nitrogen and oxygen atoms in total. The molecule has 0 heterocycles. The van der Waals surface area contributed by atoms with Crippen molar-refractivity contribution in [2.45, 2.75) is 13.5 Å². The Labute approximate surface area is 120 Å². The van der Waals surface area contributed by atoms with Crippen molar-refractivity contribution < 1.29 is 14.1 Å². The van der Waals surface area contributed by atoms with Crippen molar-refractivity contribution in [3.63, 3.8) is 0 Å². The predicted molar refractivity (Wildman–Crippen MR) is 73.3 cm³/mol. The molecular formula is C15H11FN2O3. The van der Waals surface area contributed by atoms with Gasteiger partial charge in [0.25, 0.3) is 5.69 Å². The molecule has 0 aliphatic carbocycles. The van der Waals surface area contributed by atoms with Gasteiger partial charge in [-0.25, -0.2) is 4.39 Å². The van der Waals surface area contributed by atoms with E-state index in [0.717, 1.165) is 6.07 Å². The fourth-order valence-corrected chi connectivity index (χ4v) is 1.87. The van der Waals surface area contributed by atoms with Gasteiger partial charge in [-0.1, -0.05) is 0 Å². The summed E-state index contributed by atoms with van der Waals surface area (Å²) in [6.45, 7) is 1.76. The number of non-ortho nitro benzene ring substituents is 1. The number of nitrogens with zero attached hydrogens (tertiary/aromatic N) is 2. The maximum atomic E-state index is 13.3. The van der Waals surface area contributed by atoms with Gasteiger partial charge in [0.05, 0.1) is 16.6 Å². The highest BCUT2D eigenvalue weighted by Gasteiger charge is 2.09. The molecule has 0 saturated heterocycles. The topological polar surface area (TPSA) is 76.2 Å². The van der Waals surface area contributed by atoms with E-state index in [0.29, 0.717) is 16.9 Å². The van der Waals surface area contributed by atoms with Gasteiger partial charge in [0.15, 0.2) is 0 Å². The van der Waals surface area contributed by atoms with Gasteiger partial charge in [0, 0.05) is 12.1 Å². The van der Waals surface area contributed by atoms with E-state index in [-0.39, 0.29) is 17.9 Å². The average Bonchev–Trinajstić information content (AvgIpc) is 2.45. The van der Waals surface area contributed by atoms with Crippen LogP contribution in [0.2, 0.25) is 0 Å². The zero-order chi connectivity index (χ0) is 15.4. The van der Waals surface area contributed by atoms with E-state index in [2.05, 4.69) is 0 Å². The van der Waals surface area contributed by atoms with Crippen LogP contribution in [-0.4, -0.2) is 4.92 Å². The molecule has 0 fully saturated rings. The first-order valence-corrected chi connectivity index (χ1v) is 6.07. The average molecular weight is 286 g/mol. The Hall–Kier alpha value is -2.94. The Morgan fingerprint density at radius 1 is 1.33 bits per heavy atom. The molecule has 106 valence electrons. The number of aryl methyl sites for hydroxylation is 1. The summed E-state index contributed by atoms with van der Waals surface area (Å²) in [5.74, 6) is -0.0311. The number of hydrogen-bond acceptors (Lipinski definition) is 4. The summed E-state index contributed by atoms with van der Waals surface area (Å²) >= 11 is 0. The molecular weight excluding hydrogens is 275 g/mol. The largest absolute Gasteiger partial charge is 0.489 e. The van der Waals surface area contributed by atoms with E-state index in [1.165, 1.54) is 30.3 Å². The lowest BCUT2D eigenvalue weighted by Gasteiger charge is -2.09. The predicted octanol–water partition coefficient (Wildman–Crippen LogP) is 3.49. The van der Waals surface area contributed by atoms with Crippen molar-refractivity contribution in [2.75, 3.05) is 0 Å². The third-order valence-corrected chi connectivity index (χ3v) is 2.85. The highest BCUT2D eigenvalue weighted by molar-refractivity contribution is 5.43. The number of ether oxygens (including phenoxy) is 1.